The van der Waals surface area contributed by atoms with E-state index in [4.69, 9.17) is 4.42 Å². The maximum absolute atomic E-state index is 5.26. The smallest absolute Gasteiger partial charge is 0.181 e. The van der Waals surface area contributed by atoms with Crippen LogP contribution in [0.3, 0.4) is 0 Å². The Morgan fingerprint density at radius 3 is 2.87 bits per heavy atom. The van der Waals surface area contributed by atoms with E-state index in [1.165, 1.54) is 6.39 Å². The van der Waals surface area contributed by atoms with E-state index in [1.807, 2.05) is 42.5 Å². The Morgan fingerprint density at radius 1 is 1.13 bits per heavy atom. The first-order valence-electron chi connectivity index (χ1n) is 7.10. The molecule has 4 rings (SSSR count). The van der Waals surface area contributed by atoms with Crippen molar-refractivity contribution in [3.63, 3.8) is 0 Å². The van der Waals surface area contributed by atoms with Crippen LogP contribution in [0.1, 0.15) is 5.56 Å². The highest BCUT2D eigenvalue weighted by Crippen LogP contribution is 2.20. The van der Waals surface area contributed by atoms with Crippen molar-refractivity contribution in [2.24, 2.45) is 5.10 Å². The highest BCUT2D eigenvalue weighted by atomic mass is 16.3. The summed E-state index contributed by atoms with van der Waals surface area (Å²) >= 11 is 0. The number of nitrogens with one attached hydrogen (secondary N) is 2. The lowest BCUT2D eigenvalue weighted by Gasteiger charge is -2.01. The van der Waals surface area contributed by atoms with Gasteiger partial charge in [0.15, 0.2) is 12.2 Å². The van der Waals surface area contributed by atoms with Gasteiger partial charge in [-0.1, -0.05) is 6.07 Å². The van der Waals surface area contributed by atoms with Crippen LogP contribution in [0.15, 0.2) is 70.9 Å². The van der Waals surface area contributed by atoms with E-state index in [2.05, 4.69) is 25.5 Å². The molecule has 0 bridgehead atoms. The van der Waals surface area contributed by atoms with E-state index in [1.54, 1.807) is 18.7 Å². The van der Waals surface area contributed by atoms with Crippen LogP contribution in [-0.2, 0) is 0 Å². The fraction of sp³-hybridized carbons (Fsp3) is 0. The molecule has 0 saturated carbocycles. The average molecular weight is 303 g/mol. The van der Waals surface area contributed by atoms with E-state index in [0.717, 1.165) is 33.6 Å². The number of hydrogen-bond donors (Lipinski definition) is 2. The zero-order chi connectivity index (χ0) is 15.5. The zero-order valence-corrected chi connectivity index (χ0v) is 12.1. The Hall–Kier alpha value is -3.41. The van der Waals surface area contributed by atoms with E-state index < -0.39 is 0 Å². The van der Waals surface area contributed by atoms with Crippen LogP contribution in [-0.4, -0.2) is 21.2 Å². The number of benzene rings is 2. The summed E-state index contributed by atoms with van der Waals surface area (Å²) in [7, 11) is 0. The summed E-state index contributed by atoms with van der Waals surface area (Å²) in [5.41, 5.74) is 7.80. The summed E-state index contributed by atoms with van der Waals surface area (Å²) < 4.78 is 5.26. The van der Waals surface area contributed by atoms with E-state index in [9.17, 15) is 0 Å². The number of hydrogen-bond acceptors (Lipinski definition) is 5. The largest absolute Gasteiger partial charge is 0.444 e. The highest BCUT2D eigenvalue weighted by molar-refractivity contribution is 5.87. The quantitative estimate of drug-likeness (QED) is 0.445. The average Bonchev–Trinajstić information content (AvgIpc) is 3.27. The highest BCUT2D eigenvalue weighted by Gasteiger charge is 2.00. The molecule has 0 saturated heterocycles. The first-order valence-corrected chi connectivity index (χ1v) is 7.10. The lowest BCUT2D eigenvalue weighted by molar-refractivity contribution is 0.572. The van der Waals surface area contributed by atoms with Crippen LogP contribution in [0.25, 0.3) is 22.4 Å². The summed E-state index contributed by atoms with van der Waals surface area (Å²) in [5.74, 6) is 0.743. The summed E-state index contributed by atoms with van der Waals surface area (Å²) in [5, 5.41) is 4.25. The predicted octanol–water partition coefficient (Wildman–Crippen LogP) is 3.66. The van der Waals surface area contributed by atoms with Crippen molar-refractivity contribution in [1.82, 2.24) is 15.0 Å². The summed E-state index contributed by atoms with van der Waals surface area (Å²) in [6.07, 6.45) is 6.55. The second-order valence-electron chi connectivity index (χ2n) is 4.99. The third-order valence-electron chi connectivity index (χ3n) is 3.45. The van der Waals surface area contributed by atoms with Gasteiger partial charge in [-0.3, -0.25) is 5.43 Å². The lowest BCUT2D eigenvalue weighted by Crippen LogP contribution is -1.90. The number of H-pyrrole nitrogens is 1. The molecule has 6 heteroatoms. The Labute approximate surface area is 131 Å². The second kappa shape index (κ2) is 5.76. The molecule has 112 valence electrons. The lowest BCUT2D eigenvalue weighted by atomic mass is 10.2. The standard InChI is InChI=1S/C17H13N5O/c1-6-15-16(20-10-19-15)7-12(1)8-21-22-14-4-2-13(3-5-14)17-9-18-11-23-17/h1-11,22H,(H,19,20)/b21-8+. The van der Waals surface area contributed by atoms with Gasteiger partial charge >= 0.3 is 0 Å². The molecule has 2 heterocycles. The number of anilines is 1. The van der Waals surface area contributed by atoms with E-state index in [-0.39, 0.29) is 0 Å². The molecule has 0 amide bonds. The second-order valence-corrected chi connectivity index (χ2v) is 4.99. The van der Waals surface area contributed by atoms with E-state index in [0.29, 0.717) is 0 Å². The van der Waals surface area contributed by atoms with Gasteiger partial charge in [0.05, 0.1) is 35.5 Å². The minimum Gasteiger partial charge on any atom is -0.444 e. The summed E-state index contributed by atoms with van der Waals surface area (Å²) in [6.45, 7) is 0. The zero-order valence-electron chi connectivity index (χ0n) is 12.1. The van der Waals surface area contributed by atoms with Gasteiger partial charge in [-0.25, -0.2) is 9.97 Å². The molecule has 0 fully saturated rings. The van der Waals surface area contributed by atoms with Crippen LogP contribution in [0.4, 0.5) is 5.69 Å². The van der Waals surface area contributed by atoms with E-state index >= 15 is 0 Å². The van der Waals surface area contributed by atoms with Crippen molar-refractivity contribution in [3.05, 3.63) is 66.9 Å². The van der Waals surface area contributed by atoms with Crippen molar-refractivity contribution in [3.8, 4) is 11.3 Å². The van der Waals surface area contributed by atoms with Crippen LogP contribution < -0.4 is 5.43 Å². The molecule has 0 atom stereocenters. The van der Waals surface area contributed by atoms with Gasteiger partial charge in [-0.05, 0) is 42.0 Å². The normalized spacial score (nSPS) is 11.3. The van der Waals surface area contributed by atoms with Crippen LogP contribution in [0.5, 0.6) is 0 Å². The number of oxazole rings is 1. The monoisotopic (exact) mass is 303 g/mol. The fourth-order valence-electron chi connectivity index (χ4n) is 2.28. The minimum atomic E-state index is 0.743. The summed E-state index contributed by atoms with van der Waals surface area (Å²) in [4.78, 5) is 11.2. The SMILES string of the molecule is C(=N\Nc1ccc(-c2cnco2)cc1)/c1ccc2nc[nH]c2c1. The van der Waals surface area contributed by atoms with Gasteiger partial charge in [0.25, 0.3) is 0 Å². The molecular formula is C17H13N5O. The van der Waals surface area contributed by atoms with Gasteiger partial charge in [0.2, 0.25) is 0 Å². The Bertz CT molecular complexity index is 939. The molecule has 4 aromatic rings. The maximum Gasteiger partial charge on any atom is 0.181 e. The summed E-state index contributed by atoms with van der Waals surface area (Å²) in [6, 6.07) is 13.7. The number of nitrogens with zero attached hydrogens (tertiary/aromatic N) is 3. The number of aromatic amines is 1. The third kappa shape index (κ3) is 2.82. The van der Waals surface area contributed by atoms with Crippen molar-refractivity contribution in [1.29, 1.82) is 0 Å². The molecule has 0 radical (unpaired) electrons. The predicted molar refractivity (Wildman–Crippen MR) is 89.2 cm³/mol. The van der Waals surface area contributed by atoms with Crippen molar-refractivity contribution in [2.45, 2.75) is 0 Å². The van der Waals surface area contributed by atoms with Gasteiger partial charge in [-0.2, -0.15) is 5.10 Å². The third-order valence-corrected chi connectivity index (χ3v) is 3.45. The first kappa shape index (κ1) is 13.3. The molecule has 23 heavy (non-hydrogen) atoms. The molecule has 6 nitrogen and oxygen atoms in total. The first-order chi connectivity index (χ1) is 11.4. The van der Waals surface area contributed by atoms with Gasteiger partial charge in [0.1, 0.15) is 0 Å². The molecule has 2 N–H and O–H groups in total. The van der Waals surface area contributed by atoms with Crippen LogP contribution in [0, 0.1) is 0 Å². The number of rotatable bonds is 4. The molecule has 0 spiro atoms. The number of hydrazone groups is 1. The van der Waals surface area contributed by atoms with Gasteiger partial charge < -0.3 is 9.40 Å². The topological polar surface area (TPSA) is 79.1 Å². The molecule has 2 aromatic carbocycles. The van der Waals surface area contributed by atoms with Gasteiger partial charge in [-0.15, -0.1) is 0 Å². The Kier molecular flexibility index (Phi) is 3.32. The minimum absolute atomic E-state index is 0.743. The number of fused-ring (bicyclic) bond motifs is 1. The van der Waals surface area contributed by atoms with Crippen LogP contribution >= 0.6 is 0 Å². The molecule has 0 unspecified atom stereocenters. The number of aromatic nitrogens is 3. The van der Waals surface area contributed by atoms with Crippen molar-refractivity contribution in [2.75, 3.05) is 5.43 Å². The van der Waals surface area contributed by atoms with Crippen molar-refractivity contribution < 1.29 is 4.42 Å². The van der Waals surface area contributed by atoms with Crippen molar-refractivity contribution >= 4 is 22.9 Å². The molecular weight excluding hydrogens is 290 g/mol. The Balaban J connectivity index is 1.45. The molecule has 0 aliphatic rings. The van der Waals surface area contributed by atoms with Crippen LogP contribution in [0.2, 0.25) is 0 Å². The van der Waals surface area contributed by atoms with Gasteiger partial charge in [0, 0.05) is 5.56 Å². The fourth-order valence-corrected chi connectivity index (χ4v) is 2.28. The molecule has 0 aliphatic carbocycles. The maximum atomic E-state index is 5.26. The number of imidazole rings is 1. The Morgan fingerprint density at radius 2 is 2.04 bits per heavy atom. The molecule has 0 aliphatic heterocycles. The molecule has 2 aromatic heterocycles.